The van der Waals surface area contributed by atoms with E-state index in [2.05, 4.69) is 269 Å². The molecule has 0 radical (unpaired) electrons. The number of hydrogen-bond donors (Lipinski definition) is 0. The van der Waals surface area contributed by atoms with E-state index in [9.17, 15) is 0 Å². The van der Waals surface area contributed by atoms with E-state index in [1.54, 1.807) is 0 Å². The van der Waals surface area contributed by atoms with Crippen LogP contribution < -0.4 is 5.46 Å². The molecule has 2 heterocycles. The molecule has 0 spiro atoms. The van der Waals surface area contributed by atoms with Gasteiger partial charge >= 0.3 is 7.12 Å². The second-order valence-electron chi connectivity index (χ2n) is 23.8. The average Bonchev–Trinajstić information content (AvgIpc) is 3.89. The number of benzene rings is 7. The van der Waals surface area contributed by atoms with E-state index >= 15 is 0 Å². The molecule has 0 N–H and O–H groups in total. The lowest BCUT2D eigenvalue weighted by Gasteiger charge is -2.32. The Morgan fingerprint density at radius 3 is 1.64 bits per heavy atom. The van der Waals surface area contributed by atoms with Gasteiger partial charge in [-0.15, -0.1) is 5.10 Å². The first-order chi connectivity index (χ1) is 34.5. The average molecular weight is 1030 g/mol. The Bertz CT molecular complexity index is 3220. The molecule has 1 saturated heterocycles. The number of hydrogen-bond acceptors (Lipinski definition) is 4. The molecule has 7 aromatic carbocycles. The Labute approximate surface area is 445 Å². The summed E-state index contributed by atoms with van der Waals surface area (Å²) in [6, 6.07) is 55.7. The summed E-state index contributed by atoms with van der Waals surface area (Å²) in [6.07, 6.45) is 1.88. The van der Waals surface area contributed by atoms with Crippen LogP contribution in [0.1, 0.15) is 142 Å². The topological polar surface area (TPSA) is 49.2 Å². The molecule has 73 heavy (non-hydrogen) atoms. The molecule has 374 valence electrons. The highest BCUT2D eigenvalue weighted by Gasteiger charge is 2.52. The second-order valence-corrected chi connectivity index (χ2v) is 24.7. The second kappa shape index (κ2) is 20.1. The molecule has 1 aromatic heterocycles. The lowest BCUT2D eigenvalue weighted by Crippen LogP contribution is -2.41. The SMILES string of the molecule is Cc1cc(CCC(C)(C)c2ccc(-c3cc(B4OC(C)(C)C(C)(C)O4)cc(-c4ccc(C(C)(C)C)cc4)c3)cc2)cc(-c2nc(-c3cccc(Br)c3)n(-c3c(C(C)C)cc(-c4ccccc4)cc3C(C)C)n2)c1. The summed E-state index contributed by atoms with van der Waals surface area (Å²) in [4.78, 5) is 5.41. The van der Waals surface area contributed by atoms with Crippen molar-refractivity contribution in [3.8, 4) is 61.8 Å². The highest BCUT2D eigenvalue weighted by molar-refractivity contribution is 9.10. The largest absolute Gasteiger partial charge is 0.494 e. The molecule has 7 heteroatoms. The van der Waals surface area contributed by atoms with E-state index in [4.69, 9.17) is 19.4 Å². The number of halogens is 1. The van der Waals surface area contributed by atoms with E-state index in [0.717, 1.165) is 67.9 Å². The third kappa shape index (κ3) is 11.0. The molecule has 0 amide bonds. The Kier molecular flexibility index (Phi) is 14.3. The Morgan fingerprint density at radius 1 is 0.562 bits per heavy atom. The molecule has 1 aliphatic heterocycles. The molecule has 0 saturated carbocycles. The molecular weight excluding hydrogens is 957 g/mol. The van der Waals surface area contributed by atoms with Crippen LogP contribution >= 0.6 is 15.9 Å². The van der Waals surface area contributed by atoms with Crippen molar-refractivity contribution in [2.45, 2.75) is 144 Å². The van der Waals surface area contributed by atoms with Gasteiger partial charge < -0.3 is 9.31 Å². The number of aromatic nitrogens is 3. The molecule has 9 rings (SSSR count). The molecule has 0 unspecified atom stereocenters. The van der Waals surface area contributed by atoms with Gasteiger partial charge in [0, 0.05) is 15.6 Å². The van der Waals surface area contributed by atoms with Gasteiger partial charge in [0.2, 0.25) is 0 Å². The van der Waals surface area contributed by atoms with Gasteiger partial charge in [0.15, 0.2) is 11.6 Å². The van der Waals surface area contributed by atoms with Crippen LogP contribution in [-0.2, 0) is 26.6 Å². The molecule has 0 aliphatic carbocycles. The lowest BCUT2D eigenvalue weighted by atomic mass is 9.75. The van der Waals surface area contributed by atoms with Gasteiger partial charge in [-0.05, 0) is 179 Å². The highest BCUT2D eigenvalue weighted by Crippen LogP contribution is 2.41. The van der Waals surface area contributed by atoms with Gasteiger partial charge in [-0.2, -0.15) is 0 Å². The van der Waals surface area contributed by atoms with Gasteiger partial charge in [0.25, 0.3) is 0 Å². The normalized spacial score (nSPS) is 14.7. The number of nitrogens with zero attached hydrogens (tertiary/aromatic N) is 3. The predicted molar refractivity (Wildman–Crippen MR) is 311 cm³/mol. The maximum Gasteiger partial charge on any atom is 0.494 e. The quantitative estimate of drug-likeness (QED) is 0.108. The van der Waals surface area contributed by atoms with Crippen molar-refractivity contribution in [3.05, 3.63) is 190 Å². The van der Waals surface area contributed by atoms with Crippen molar-refractivity contribution >= 4 is 28.5 Å². The summed E-state index contributed by atoms with van der Waals surface area (Å²) in [5, 5.41) is 5.47. The van der Waals surface area contributed by atoms with E-state index in [1.807, 2.05) is 0 Å². The van der Waals surface area contributed by atoms with Gasteiger partial charge in [0.05, 0.1) is 16.9 Å². The molecule has 0 atom stereocenters. The zero-order chi connectivity index (χ0) is 52.2. The van der Waals surface area contributed by atoms with Crippen molar-refractivity contribution in [2.75, 3.05) is 0 Å². The van der Waals surface area contributed by atoms with E-state index in [-0.39, 0.29) is 22.7 Å². The first kappa shape index (κ1) is 52.0. The molecule has 1 aliphatic rings. The van der Waals surface area contributed by atoms with Crippen LogP contribution in [0.25, 0.3) is 61.8 Å². The van der Waals surface area contributed by atoms with Crippen LogP contribution in [0.15, 0.2) is 156 Å². The minimum absolute atomic E-state index is 0.0778. The molecule has 1 fully saturated rings. The van der Waals surface area contributed by atoms with Crippen LogP contribution in [0.5, 0.6) is 0 Å². The summed E-state index contributed by atoms with van der Waals surface area (Å²) in [5.74, 6) is 2.04. The van der Waals surface area contributed by atoms with Crippen LogP contribution in [0.2, 0.25) is 0 Å². The summed E-state index contributed by atoms with van der Waals surface area (Å²) in [7, 11) is -0.467. The molecule has 8 aromatic rings. The fourth-order valence-electron chi connectivity index (χ4n) is 10.1. The summed E-state index contributed by atoms with van der Waals surface area (Å²) in [5.41, 5.74) is 17.9. The minimum atomic E-state index is -0.467. The number of aryl methyl sites for hydroxylation is 2. The van der Waals surface area contributed by atoms with Gasteiger partial charge in [-0.25, -0.2) is 9.67 Å². The van der Waals surface area contributed by atoms with Crippen molar-refractivity contribution in [3.63, 3.8) is 0 Å². The molecule has 0 bridgehead atoms. The van der Waals surface area contributed by atoms with Crippen LogP contribution in [-0.4, -0.2) is 33.1 Å². The molecule has 5 nitrogen and oxygen atoms in total. The van der Waals surface area contributed by atoms with Crippen LogP contribution in [0, 0.1) is 6.92 Å². The van der Waals surface area contributed by atoms with Crippen molar-refractivity contribution in [2.24, 2.45) is 0 Å². The predicted octanol–water partition coefficient (Wildman–Crippen LogP) is 17.4. The first-order valence-electron chi connectivity index (χ1n) is 26.3. The van der Waals surface area contributed by atoms with E-state index in [1.165, 1.54) is 50.1 Å². The van der Waals surface area contributed by atoms with E-state index < -0.39 is 18.3 Å². The van der Waals surface area contributed by atoms with Gasteiger partial charge in [-0.1, -0.05) is 193 Å². The standard InChI is InChI=1S/C66H73BBrN3O2/c1-42(2)58-40-52(46-19-16-15-17-20-46)41-59(43(3)4)60(58)71-62(49-21-18-22-57(68)39-49)69-61(70-71)53-34-44(5)33-45(35-53)31-32-64(9,10)55-29-25-48(26-30-55)51-36-50(47-23-27-54(28-24-47)63(6,7)8)37-56(38-51)67-72-65(11,12)66(13,14)73-67/h15-30,33-43H,31-32H2,1-14H3. The van der Waals surface area contributed by atoms with Crippen molar-refractivity contribution in [1.82, 2.24) is 14.8 Å². The fraction of sp³-hybridized carbons (Fsp3) is 0.333. The summed E-state index contributed by atoms with van der Waals surface area (Å²) < 4.78 is 16.4. The molecular formula is C66H73BBrN3O2. The summed E-state index contributed by atoms with van der Waals surface area (Å²) in [6.45, 7) is 31.3. The third-order valence-corrected chi connectivity index (χ3v) is 15.9. The van der Waals surface area contributed by atoms with Crippen molar-refractivity contribution in [1.29, 1.82) is 0 Å². The zero-order valence-electron chi connectivity index (χ0n) is 45.6. The smallest absolute Gasteiger partial charge is 0.399 e. The minimum Gasteiger partial charge on any atom is -0.399 e. The number of rotatable bonds is 13. The van der Waals surface area contributed by atoms with Crippen LogP contribution in [0.3, 0.4) is 0 Å². The lowest BCUT2D eigenvalue weighted by molar-refractivity contribution is 0.00578. The Morgan fingerprint density at radius 2 is 1.10 bits per heavy atom. The third-order valence-electron chi connectivity index (χ3n) is 15.4. The monoisotopic (exact) mass is 1030 g/mol. The van der Waals surface area contributed by atoms with Gasteiger partial charge in [-0.3, -0.25) is 0 Å². The van der Waals surface area contributed by atoms with Gasteiger partial charge in [0.1, 0.15) is 0 Å². The zero-order valence-corrected chi connectivity index (χ0v) is 47.2. The fourth-order valence-corrected chi connectivity index (χ4v) is 10.5. The maximum atomic E-state index is 6.62. The maximum absolute atomic E-state index is 6.62. The Balaban J connectivity index is 1.02. The Hall–Kier alpha value is -5.86. The first-order valence-corrected chi connectivity index (χ1v) is 27.1. The highest BCUT2D eigenvalue weighted by atomic mass is 79.9. The van der Waals surface area contributed by atoms with Crippen LogP contribution in [0.4, 0.5) is 0 Å². The summed E-state index contributed by atoms with van der Waals surface area (Å²) >= 11 is 3.76. The van der Waals surface area contributed by atoms with E-state index in [0.29, 0.717) is 0 Å². The van der Waals surface area contributed by atoms with Crippen molar-refractivity contribution < 1.29 is 9.31 Å².